The predicted octanol–water partition coefficient (Wildman–Crippen LogP) is 2.01. The van der Waals surface area contributed by atoms with E-state index in [1.54, 1.807) is 24.5 Å². The highest BCUT2D eigenvalue weighted by Crippen LogP contribution is 2.54. The van der Waals surface area contributed by atoms with Crippen molar-refractivity contribution in [3.8, 4) is 0 Å². The molecule has 29 heavy (non-hydrogen) atoms. The Morgan fingerprint density at radius 1 is 1.17 bits per heavy atom. The van der Waals surface area contributed by atoms with E-state index in [-0.39, 0.29) is 17.9 Å². The largest absolute Gasteiger partial charge is 0.368 e. The van der Waals surface area contributed by atoms with Crippen LogP contribution in [-0.2, 0) is 9.59 Å². The summed E-state index contributed by atoms with van der Waals surface area (Å²) in [6.45, 7) is 2.46. The van der Waals surface area contributed by atoms with Crippen molar-refractivity contribution in [1.82, 2.24) is 15.2 Å². The van der Waals surface area contributed by atoms with E-state index in [2.05, 4.69) is 15.2 Å². The smallest absolute Gasteiger partial charge is 0.244 e. The molecule has 1 saturated heterocycles. The third-order valence-electron chi connectivity index (χ3n) is 6.04. The number of carbonyl (C=O) groups excluding carboxylic acids is 2. The Hall–Kier alpha value is -2.99. The fourth-order valence-corrected chi connectivity index (χ4v) is 4.58. The highest BCUT2D eigenvalue weighted by Gasteiger charge is 2.56. The van der Waals surface area contributed by atoms with E-state index >= 15 is 0 Å². The first-order valence-corrected chi connectivity index (χ1v) is 10.1. The molecule has 0 spiro atoms. The number of hydrogen-bond donors (Lipinski definition) is 2. The van der Waals surface area contributed by atoms with Gasteiger partial charge in [-0.15, -0.1) is 0 Å². The number of carbonyl (C=O) groups is 2. The van der Waals surface area contributed by atoms with Crippen LogP contribution in [0.15, 0.2) is 60.9 Å². The molecule has 1 unspecified atom stereocenters. The van der Waals surface area contributed by atoms with Crippen LogP contribution in [0.5, 0.6) is 0 Å². The van der Waals surface area contributed by atoms with E-state index in [0.29, 0.717) is 24.3 Å². The van der Waals surface area contributed by atoms with E-state index in [1.807, 2.05) is 42.5 Å². The molecule has 2 aliphatic rings. The number of nitrogens with zero attached hydrogens (tertiary/aromatic N) is 2. The van der Waals surface area contributed by atoms with E-state index in [0.717, 1.165) is 30.6 Å². The molecule has 1 aliphatic carbocycles. The number of nitrogens with one attached hydrogen (secondary N) is 1. The first kappa shape index (κ1) is 19.3. The summed E-state index contributed by atoms with van der Waals surface area (Å²) in [5.41, 5.74) is 7.56. The lowest BCUT2D eigenvalue weighted by molar-refractivity contribution is -0.123. The van der Waals surface area contributed by atoms with Gasteiger partial charge in [-0.3, -0.25) is 19.5 Å². The maximum absolute atomic E-state index is 12.0. The van der Waals surface area contributed by atoms with Crippen molar-refractivity contribution < 1.29 is 9.59 Å². The first-order valence-electron chi connectivity index (χ1n) is 10.1. The number of primary amides is 1. The molecule has 2 aromatic rings. The molecule has 4 rings (SSSR count). The molecule has 1 aromatic heterocycles. The highest BCUT2D eigenvalue weighted by molar-refractivity contribution is 5.91. The molecule has 3 N–H and O–H groups in total. The minimum absolute atomic E-state index is 0.0841. The number of aromatic nitrogens is 1. The van der Waals surface area contributed by atoms with Crippen molar-refractivity contribution in [2.24, 2.45) is 23.5 Å². The Morgan fingerprint density at radius 2 is 1.93 bits per heavy atom. The average Bonchev–Trinajstić information content (AvgIpc) is 3.17. The maximum Gasteiger partial charge on any atom is 0.244 e. The van der Waals surface area contributed by atoms with E-state index in [9.17, 15) is 9.59 Å². The van der Waals surface area contributed by atoms with Gasteiger partial charge in [0.1, 0.15) is 6.04 Å². The fourth-order valence-electron chi connectivity index (χ4n) is 4.58. The van der Waals surface area contributed by atoms with Crippen molar-refractivity contribution in [2.75, 3.05) is 19.6 Å². The quantitative estimate of drug-likeness (QED) is 0.675. The Labute approximate surface area is 170 Å². The molecule has 2 amide bonds. The summed E-state index contributed by atoms with van der Waals surface area (Å²) in [5.74, 6) is 1.45. The Balaban J connectivity index is 1.21. The van der Waals surface area contributed by atoms with Gasteiger partial charge >= 0.3 is 0 Å². The number of hydrogen-bond acceptors (Lipinski definition) is 4. The monoisotopic (exact) mass is 390 g/mol. The van der Waals surface area contributed by atoms with Crippen LogP contribution in [0.4, 0.5) is 0 Å². The van der Waals surface area contributed by atoms with Crippen LogP contribution in [0, 0.1) is 17.8 Å². The Bertz CT molecular complexity index is 872. The summed E-state index contributed by atoms with van der Waals surface area (Å²) >= 11 is 0. The molecule has 0 bridgehead atoms. The van der Waals surface area contributed by atoms with Crippen molar-refractivity contribution >= 4 is 17.9 Å². The minimum atomic E-state index is -0.345. The van der Waals surface area contributed by atoms with Crippen molar-refractivity contribution in [1.29, 1.82) is 0 Å². The molecule has 4 atom stereocenters. The third kappa shape index (κ3) is 4.54. The van der Waals surface area contributed by atoms with Crippen LogP contribution in [0.2, 0.25) is 0 Å². The predicted molar refractivity (Wildman–Crippen MR) is 111 cm³/mol. The second-order valence-electron chi connectivity index (χ2n) is 7.86. The molecule has 1 aromatic carbocycles. The summed E-state index contributed by atoms with van der Waals surface area (Å²) in [4.78, 5) is 30.2. The summed E-state index contributed by atoms with van der Waals surface area (Å²) in [6.07, 6.45) is 7.71. The standard InChI is InChI=1S/C23H26N4O2/c24-23(29)22(17-6-2-1-3-7-17)27-14-19-18(20(19)15-27)10-12-26-21(28)9-8-16-5-4-11-25-13-16/h1-9,11,13,18-20,22H,10,12,14-15H2,(H2,24,29)(H,26,28)/b9-8+/t18-,19-,20+,22?. The minimum Gasteiger partial charge on any atom is -0.368 e. The van der Waals surface area contributed by atoms with Gasteiger partial charge in [-0.25, -0.2) is 0 Å². The second kappa shape index (κ2) is 8.57. The number of pyridine rings is 1. The number of likely N-dealkylation sites (tertiary alicyclic amines) is 1. The van der Waals surface area contributed by atoms with Crippen LogP contribution in [0.1, 0.15) is 23.6 Å². The Kier molecular flexibility index (Phi) is 5.71. The van der Waals surface area contributed by atoms with Crippen molar-refractivity contribution in [2.45, 2.75) is 12.5 Å². The fraction of sp³-hybridized carbons (Fsp3) is 0.348. The number of nitrogens with two attached hydrogens (primary N) is 1. The molecule has 2 heterocycles. The molecule has 1 aliphatic heterocycles. The zero-order valence-electron chi connectivity index (χ0n) is 16.3. The van der Waals surface area contributed by atoms with Crippen LogP contribution in [-0.4, -0.2) is 41.3 Å². The number of piperidine rings is 1. The molecule has 6 heteroatoms. The van der Waals surface area contributed by atoms with Crippen LogP contribution in [0.3, 0.4) is 0 Å². The first-order chi connectivity index (χ1) is 14.1. The lowest BCUT2D eigenvalue weighted by Crippen LogP contribution is -2.38. The van der Waals surface area contributed by atoms with Gasteiger partial charge in [0.2, 0.25) is 11.8 Å². The molecule has 2 fully saturated rings. The van der Waals surface area contributed by atoms with Gasteiger partial charge in [-0.1, -0.05) is 36.4 Å². The number of amides is 2. The average molecular weight is 390 g/mol. The lowest BCUT2D eigenvalue weighted by atomic mass is 10.0. The number of benzene rings is 1. The van der Waals surface area contributed by atoms with Crippen LogP contribution >= 0.6 is 0 Å². The SMILES string of the molecule is NC(=O)C(c1ccccc1)N1C[C@@H]2[C@@H](CCNC(=O)/C=C/c3cccnc3)[C@@H]2C1. The van der Waals surface area contributed by atoms with Gasteiger partial charge in [-0.2, -0.15) is 0 Å². The summed E-state index contributed by atoms with van der Waals surface area (Å²) < 4.78 is 0. The Morgan fingerprint density at radius 3 is 2.59 bits per heavy atom. The van der Waals surface area contributed by atoms with Crippen LogP contribution in [0.25, 0.3) is 6.08 Å². The van der Waals surface area contributed by atoms with E-state index in [1.165, 1.54) is 0 Å². The zero-order chi connectivity index (χ0) is 20.2. The van der Waals surface area contributed by atoms with E-state index in [4.69, 9.17) is 5.73 Å². The molecule has 150 valence electrons. The normalized spacial score (nSPS) is 24.2. The van der Waals surface area contributed by atoms with Crippen LogP contribution < -0.4 is 11.1 Å². The molecule has 1 saturated carbocycles. The summed E-state index contributed by atoms with van der Waals surface area (Å²) in [6, 6.07) is 13.2. The van der Waals surface area contributed by atoms with Crippen molar-refractivity contribution in [3.05, 3.63) is 72.1 Å². The molecular weight excluding hydrogens is 364 g/mol. The van der Waals surface area contributed by atoms with Gasteiger partial charge in [0, 0.05) is 38.1 Å². The zero-order valence-corrected chi connectivity index (χ0v) is 16.3. The third-order valence-corrected chi connectivity index (χ3v) is 6.04. The second-order valence-corrected chi connectivity index (χ2v) is 7.86. The molecule has 6 nitrogen and oxygen atoms in total. The molecule has 0 radical (unpaired) electrons. The summed E-state index contributed by atoms with van der Waals surface area (Å²) in [5, 5.41) is 2.96. The van der Waals surface area contributed by atoms with Crippen molar-refractivity contribution in [3.63, 3.8) is 0 Å². The van der Waals surface area contributed by atoms with Gasteiger partial charge in [0.15, 0.2) is 0 Å². The number of fused-ring (bicyclic) bond motifs is 1. The van der Waals surface area contributed by atoms with Gasteiger partial charge < -0.3 is 11.1 Å². The maximum atomic E-state index is 12.0. The van der Waals surface area contributed by atoms with Gasteiger partial charge in [0.05, 0.1) is 0 Å². The summed E-state index contributed by atoms with van der Waals surface area (Å²) in [7, 11) is 0. The highest BCUT2D eigenvalue weighted by atomic mass is 16.2. The van der Waals surface area contributed by atoms with Gasteiger partial charge in [-0.05, 0) is 47.4 Å². The topological polar surface area (TPSA) is 88.3 Å². The van der Waals surface area contributed by atoms with E-state index < -0.39 is 0 Å². The lowest BCUT2D eigenvalue weighted by Gasteiger charge is -2.27. The van der Waals surface area contributed by atoms with Gasteiger partial charge in [0.25, 0.3) is 0 Å². The molecular formula is C23H26N4O2. The number of rotatable bonds is 8.